The molecule has 1 aliphatic heterocycles. The molecule has 1 aliphatic rings. The predicted octanol–water partition coefficient (Wildman–Crippen LogP) is 4.55. The van der Waals surface area contributed by atoms with Crippen LogP contribution in [0.3, 0.4) is 0 Å². The van der Waals surface area contributed by atoms with E-state index >= 15 is 0 Å². The first-order valence-electron chi connectivity index (χ1n) is 9.63. The van der Waals surface area contributed by atoms with Gasteiger partial charge in [0.15, 0.2) is 0 Å². The van der Waals surface area contributed by atoms with Crippen molar-refractivity contribution in [2.75, 3.05) is 13.1 Å². The quantitative estimate of drug-likeness (QED) is 0.785. The van der Waals surface area contributed by atoms with Crippen molar-refractivity contribution < 1.29 is 18.0 Å². The fourth-order valence-corrected chi connectivity index (χ4v) is 3.44. The lowest BCUT2D eigenvalue weighted by atomic mass is 10.1. The molecule has 1 fully saturated rings. The van der Waals surface area contributed by atoms with E-state index in [2.05, 4.69) is 22.3 Å². The number of piperidine rings is 1. The van der Waals surface area contributed by atoms with E-state index in [0.29, 0.717) is 12.1 Å². The fourth-order valence-electron chi connectivity index (χ4n) is 3.44. The van der Waals surface area contributed by atoms with E-state index in [1.165, 1.54) is 37.0 Å². The number of carbonyl (C=O) groups is 1. The van der Waals surface area contributed by atoms with Crippen molar-refractivity contribution in [3.63, 3.8) is 0 Å². The molecule has 1 heterocycles. The van der Waals surface area contributed by atoms with Gasteiger partial charge in [-0.25, -0.2) is 0 Å². The standard InChI is InChI=1S/C22H25F3N2O/c23-22(24,25)20-6-4-5-19(13-20)14-21(28)26-15-17-7-9-18(10-8-17)16-27-11-2-1-3-12-27/h4-10,13H,1-3,11-12,14-16H2,(H,26,28). The summed E-state index contributed by atoms with van der Waals surface area (Å²) in [6.07, 6.45) is -0.638. The molecule has 2 aromatic carbocycles. The van der Waals surface area contributed by atoms with E-state index in [1.54, 1.807) is 0 Å². The van der Waals surface area contributed by atoms with Gasteiger partial charge in [0.25, 0.3) is 0 Å². The number of carbonyl (C=O) groups excluding carboxylic acids is 1. The molecule has 0 atom stereocenters. The monoisotopic (exact) mass is 390 g/mol. The van der Waals surface area contributed by atoms with E-state index in [4.69, 9.17) is 0 Å². The van der Waals surface area contributed by atoms with Gasteiger partial charge in [-0.15, -0.1) is 0 Å². The number of alkyl halides is 3. The Kier molecular flexibility index (Phi) is 6.73. The summed E-state index contributed by atoms with van der Waals surface area (Å²) in [4.78, 5) is 14.5. The SMILES string of the molecule is O=C(Cc1cccc(C(F)(F)F)c1)NCc1ccc(CN2CCCCC2)cc1. The fraction of sp³-hybridized carbons (Fsp3) is 0.409. The molecule has 0 aromatic heterocycles. The van der Waals surface area contributed by atoms with E-state index in [1.807, 2.05) is 12.1 Å². The van der Waals surface area contributed by atoms with Gasteiger partial charge in [-0.2, -0.15) is 13.2 Å². The average molecular weight is 390 g/mol. The molecule has 2 aromatic rings. The van der Waals surface area contributed by atoms with Gasteiger partial charge in [-0.3, -0.25) is 9.69 Å². The van der Waals surface area contributed by atoms with Crippen LogP contribution in [-0.2, 0) is 30.5 Å². The molecular formula is C22H25F3N2O. The van der Waals surface area contributed by atoms with E-state index in [9.17, 15) is 18.0 Å². The van der Waals surface area contributed by atoms with Crippen LogP contribution < -0.4 is 5.32 Å². The number of nitrogens with one attached hydrogen (secondary N) is 1. The van der Waals surface area contributed by atoms with Crippen molar-refractivity contribution in [1.29, 1.82) is 0 Å². The summed E-state index contributed by atoms with van der Waals surface area (Å²) >= 11 is 0. The highest BCUT2D eigenvalue weighted by molar-refractivity contribution is 5.78. The molecule has 150 valence electrons. The second-order valence-electron chi connectivity index (χ2n) is 7.30. The summed E-state index contributed by atoms with van der Waals surface area (Å²) in [6.45, 7) is 3.60. The lowest BCUT2D eigenvalue weighted by molar-refractivity contribution is -0.137. The molecule has 1 N–H and O–H groups in total. The normalized spacial score (nSPS) is 15.4. The highest BCUT2D eigenvalue weighted by Gasteiger charge is 2.30. The number of amides is 1. The molecule has 28 heavy (non-hydrogen) atoms. The Labute approximate surface area is 163 Å². The van der Waals surface area contributed by atoms with Crippen molar-refractivity contribution in [2.45, 2.75) is 44.9 Å². The third-order valence-corrected chi connectivity index (χ3v) is 4.99. The zero-order valence-electron chi connectivity index (χ0n) is 15.8. The van der Waals surface area contributed by atoms with Crippen LogP contribution in [0.1, 0.15) is 41.5 Å². The molecule has 3 nitrogen and oxygen atoms in total. The van der Waals surface area contributed by atoms with Gasteiger partial charge in [0.05, 0.1) is 12.0 Å². The maximum Gasteiger partial charge on any atom is 0.416 e. The minimum atomic E-state index is -4.40. The maximum absolute atomic E-state index is 12.8. The zero-order chi connectivity index (χ0) is 20.0. The topological polar surface area (TPSA) is 32.3 Å². The van der Waals surface area contributed by atoms with Crippen LogP contribution in [0, 0.1) is 0 Å². The molecule has 1 amide bonds. The summed E-state index contributed by atoms with van der Waals surface area (Å²) < 4.78 is 38.3. The largest absolute Gasteiger partial charge is 0.416 e. The van der Waals surface area contributed by atoms with Crippen molar-refractivity contribution in [1.82, 2.24) is 10.2 Å². The molecule has 0 radical (unpaired) electrons. The highest BCUT2D eigenvalue weighted by Crippen LogP contribution is 2.29. The highest BCUT2D eigenvalue weighted by atomic mass is 19.4. The average Bonchev–Trinajstić information content (AvgIpc) is 2.68. The second-order valence-corrected chi connectivity index (χ2v) is 7.30. The van der Waals surface area contributed by atoms with Crippen molar-refractivity contribution in [2.24, 2.45) is 0 Å². The number of benzene rings is 2. The molecule has 6 heteroatoms. The molecular weight excluding hydrogens is 365 g/mol. The lowest BCUT2D eigenvalue weighted by Gasteiger charge is -2.26. The molecule has 0 spiro atoms. The van der Waals surface area contributed by atoms with Crippen LogP contribution in [0.2, 0.25) is 0 Å². The van der Waals surface area contributed by atoms with Crippen LogP contribution >= 0.6 is 0 Å². The van der Waals surface area contributed by atoms with Crippen LogP contribution in [-0.4, -0.2) is 23.9 Å². The lowest BCUT2D eigenvalue weighted by Crippen LogP contribution is -2.29. The summed E-state index contributed by atoms with van der Waals surface area (Å²) in [7, 11) is 0. The molecule has 0 saturated carbocycles. The summed E-state index contributed by atoms with van der Waals surface area (Å²) in [5.74, 6) is -0.295. The van der Waals surface area contributed by atoms with Gasteiger partial charge in [0, 0.05) is 13.1 Å². The van der Waals surface area contributed by atoms with Gasteiger partial charge >= 0.3 is 6.18 Å². The third-order valence-electron chi connectivity index (χ3n) is 4.99. The van der Waals surface area contributed by atoms with Crippen molar-refractivity contribution in [3.05, 3.63) is 70.8 Å². The van der Waals surface area contributed by atoms with Crippen LogP contribution in [0.25, 0.3) is 0 Å². The Morgan fingerprint density at radius 1 is 0.929 bits per heavy atom. The van der Waals surface area contributed by atoms with Gasteiger partial charge < -0.3 is 5.32 Å². The van der Waals surface area contributed by atoms with Crippen LogP contribution in [0.15, 0.2) is 48.5 Å². The molecule has 0 unspecified atom stereocenters. The predicted molar refractivity (Wildman–Crippen MR) is 103 cm³/mol. The number of hydrogen-bond donors (Lipinski definition) is 1. The van der Waals surface area contributed by atoms with Crippen molar-refractivity contribution in [3.8, 4) is 0 Å². The smallest absolute Gasteiger partial charge is 0.352 e. The minimum Gasteiger partial charge on any atom is -0.352 e. The van der Waals surface area contributed by atoms with E-state index in [-0.39, 0.29) is 12.3 Å². The number of rotatable bonds is 6. The Bertz CT molecular complexity index is 781. The third kappa shape index (κ3) is 6.09. The molecule has 3 rings (SSSR count). The Morgan fingerprint density at radius 2 is 1.61 bits per heavy atom. The van der Waals surface area contributed by atoms with Crippen molar-refractivity contribution >= 4 is 5.91 Å². The zero-order valence-corrected chi connectivity index (χ0v) is 15.8. The van der Waals surface area contributed by atoms with Crippen LogP contribution in [0.4, 0.5) is 13.2 Å². The first-order chi connectivity index (χ1) is 13.4. The van der Waals surface area contributed by atoms with Crippen LogP contribution in [0.5, 0.6) is 0 Å². The Hall–Kier alpha value is -2.34. The number of likely N-dealkylation sites (tertiary alicyclic amines) is 1. The molecule has 1 saturated heterocycles. The van der Waals surface area contributed by atoms with Gasteiger partial charge in [0.2, 0.25) is 5.91 Å². The van der Waals surface area contributed by atoms with Gasteiger partial charge in [-0.05, 0) is 48.7 Å². The minimum absolute atomic E-state index is 0.0725. The summed E-state index contributed by atoms with van der Waals surface area (Å²) in [5.41, 5.74) is 1.84. The Balaban J connectivity index is 1.48. The van der Waals surface area contributed by atoms with Gasteiger partial charge in [-0.1, -0.05) is 48.9 Å². The van der Waals surface area contributed by atoms with Gasteiger partial charge in [0.1, 0.15) is 0 Å². The van der Waals surface area contributed by atoms with E-state index < -0.39 is 11.7 Å². The van der Waals surface area contributed by atoms with E-state index in [0.717, 1.165) is 37.3 Å². The number of hydrogen-bond acceptors (Lipinski definition) is 2. The molecule has 0 bridgehead atoms. The Morgan fingerprint density at radius 3 is 2.29 bits per heavy atom. The number of halogens is 3. The second kappa shape index (κ2) is 9.24. The summed E-state index contributed by atoms with van der Waals surface area (Å²) in [6, 6.07) is 13.0. The first-order valence-corrected chi connectivity index (χ1v) is 9.63. The first kappa shape index (κ1) is 20.4. The maximum atomic E-state index is 12.8. The summed E-state index contributed by atoms with van der Waals surface area (Å²) in [5, 5.41) is 2.78. The molecule has 0 aliphatic carbocycles. The number of nitrogens with zero attached hydrogens (tertiary/aromatic N) is 1.